The summed E-state index contributed by atoms with van der Waals surface area (Å²) in [6.07, 6.45) is 1.73. The van der Waals surface area contributed by atoms with Gasteiger partial charge in [-0.3, -0.25) is 9.78 Å². The molecular formula is C12H9Cl2NO. The molecule has 0 N–H and O–H groups in total. The van der Waals surface area contributed by atoms with Crippen LogP contribution in [0.1, 0.15) is 10.4 Å². The van der Waals surface area contributed by atoms with E-state index in [9.17, 15) is 4.79 Å². The van der Waals surface area contributed by atoms with Gasteiger partial charge in [-0.05, 0) is 35.9 Å². The van der Waals surface area contributed by atoms with Gasteiger partial charge in [-0.25, -0.2) is 0 Å². The van der Waals surface area contributed by atoms with Gasteiger partial charge in [0.1, 0.15) is 0 Å². The smallest absolute Gasteiger partial charge is 0.252 e. The second-order valence-electron chi connectivity index (χ2n) is 3.07. The van der Waals surface area contributed by atoms with Crippen LogP contribution in [0.5, 0.6) is 0 Å². The van der Waals surface area contributed by atoms with Gasteiger partial charge < -0.3 is 0 Å². The predicted octanol–water partition coefficient (Wildman–Crippen LogP) is 3.55. The van der Waals surface area contributed by atoms with Gasteiger partial charge in [0.15, 0.2) is 0 Å². The maximum absolute atomic E-state index is 10.8. The molecule has 2 aromatic rings. The molecule has 2 rings (SSSR count). The van der Waals surface area contributed by atoms with Crippen molar-refractivity contribution >= 4 is 29.3 Å². The van der Waals surface area contributed by atoms with E-state index in [1.807, 2.05) is 30.3 Å². The number of hydrogen-bond donors (Lipinski definition) is 0. The van der Waals surface area contributed by atoms with Crippen molar-refractivity contribution in [2.24, 2.45) is 0 Å². The molecule has 1 aromatic carbocycles. The summed E-state index contributed by atoms with van der Waals surface area (Å²) in [6, 6.07) is 12.7. The van der Waals surface area contributed by atoms with Crippen molar-refractivity contribution in [1.82, 2.24) is 4.98 Å². The van der Waals surface area contributed by atoms with Gasteiger partial charge in [-0.15, -0.1) is 12.4 Å². The minimum atomic E-state index is -0.442. The van der Waals surface area contributed by atoms with E-state index in [-0.39, 0.29) is 12.4 Å². The largest absolute Gasteiger partial charge is 0.276 e. The summed E-state index contributed by atoms with van der Waals surface area (Å²) in [5.74, 6) is 0. The van der Waals surface area contributed by atoms with Crippen molar-refractivity contribution in [2.45, 2.75) is 0 Å². The van der Waals surface area contributed by atoms with Gasteiger partial charge >= 0.3 is 0 Å². The molecule has 0 radical (unpaired) electrons. The fraction of sp³-hybridized carbons (Fsp3) is 0. The van der Waals surface area contributed by atoms with E-state index in [0.717, 1.165) is 11.3 Å². The molecule has 0 saturated heterocycles. The molecule has 0 atom stereocenters. The Hall–Kier alpha value is -1.38. The molecule has 0 saturated carbocycles. The highest BCUT2D eigenvalue weighted by atomic mass is 35.5. The predicted molar refractivity (Wildman–Crippen MR) is 67.1 cm³/mol. The molecule has 0 aliphatic heterocycles. The fourth-order valence-electron chi connectivity index (χ4n) is 1.31. The molecule has 4 heteroatoms. The number of nitrogens with zero attached hydrogens (tertiary/aromatic N) is 1. The average molecular weight is 254 g/mol. The van der Waals surface area contributed by atoms with Crippen LogP contribution in [-0.2, 0) is 0 Å². The molecule has 0 unspecified atom stereocenters. The zero-order valence-corrected chi connectivity index (χ0v) is 9.83. The third-order valence-electron chi connectivity index (χ3n) is 2.07. The Morgan fingerprint density at radius 1 is 1.06 bits per heavy atom. The first-order chi connectivity index (χ1) is 7.27. The number of aromatic nitrogens is 1. The van der Waals surface area contributed by atoms with Gasteiger partial charge in [0, 0.05) is 17.3 Å². The van der Waals surface area contributed by atoms with Crippen molar-refractivity contribution in [3.8, 4) is 11.3 Å². The van der Waals surface area contributed by atoms with Crippen LogP contribution >= 0.6 is 24.0 Å². The van der Waals surface area contributed by atoms with E-state index in [1.165, 1.54) is 0 Å². The molecule has 0 amide bonds. The van der Waals surface area contributed by atoms with Crippen LogP contribution in [0.25, 0.3) is 11.3 Å². The maximum atomic E-state index is 10.8. The molecular weight excluding hydrogens is 245 g/mol. The second kappa shape index (κ2) is 5.64. The highest BCUT2D eigenvalue weighted by molar-refractivity contribution is 6.67. The lowest BCUT2D eigenvalue weighted by Crippen LogP contribution is -1.88. The van der Waals surface area contributed by atoms with E-state index in [4.69, 9.17) is 11.6 Å². The summed E-state index contributed by atoms with van der Waals surface area (Å²) < 4.78 is 0. The van der Waals surface area contributed by atoms with Crippen LogP contribution in [0.15, 0.2) is 48.7 Å². The third-order valence-corrected chi connectivity index (χ3v) is 2.29. The zero-order chi connectivity index (χ0) is 10.7. The first-order valence-electron chi connectivity index (χ1n) is 4.48. The van der Waals surface area contributed by atoms with Crippen molar-refractivity contribution < 1.29 is 4.79 Å². The lowest BCUT2D eigenvalue weighted by molar-refractivity contribution is 0.108. The number of carbonyl (C=O) groups excluding carboxylic acids is 1. The number of hydrogen-bond acceptors (Lipinski definition) is 2. The number of rotatable bonds is 2. The molecule has 1 heterocycles. The lowest BCUT2D eigenvalue weighted by atomic mass is 10.1. The van der Waals surface area contributed by atoms with E-state index in [1.54, 1.807) is 18.3 Å². The molecule has 82 valence electrons. The van der Waals surface area contributed by atoms with Crippen molar-refractivity contribution in [3.63, 3.8) is 0 Å². The third kappa shape index (κ3) is 2.81. The highest BCUT2D eigenvalue weighted by Gasteiger charge is 2.02. The molecule has 1 aromatic heterocycles. The molecule has 0 aliphatic carbocycles. The Bertz CT molecular complexity index is 468. The SMILES string of the molecule is Cl.O=C(Cl)c1ccc(-c2ccccn2)cc1. The summed E-state index contributed by atoms with van der Waals surface area (Å²) in [7, 11) is 0. The minimum Gasteiger partial charge on any atom is -0.276 e. The number of halogens is 2. The van der Waals surface area contributed by atoms with E-state index >= 15 is 0 Å². The van der Waals surface area contributed by atoms with Crippen LogP contribution in [-0.4, -0.2) is 10.2 Å². The Labute approximate surface area is 105 Å². The number of carbonyl (C=O) groups is 1. The van der Waals surface area contributed by atoms with Crippen molar-refractivity contribution in [3.05, 3.63) is 54.2 Å². The monoisotopic (exact) mass is 253 g/mol. The molecule has 0 bridgehead atoms. The molecule has 0 spiro atoms. The Kier molecular flexibility index (Phi) is 4.47. The van der Waals surface area contributed by atoms with E-state index in [0.29, 0.717) is 5.56 Å². The van der Waals surface area contributed by atoms with Crippen LogP contribution in [0.2, 0.25) is 0 Å². The first-order valence-corrected chi connectivity index (χ1v) is 4.86. The van der Waals surface area contributed by atoms with Crippen LogP contribution in [0, 0.1) is 0 Å². The normalized spacial score (nSPS) is 9.31. The topological polar surface area (TPSA) is 30.0 Å². The highest BCUT2D eigenvalue weighted by Crippen LogP contribution is 2.17. The molecule has 0 fully saturated rings. The van der Waals surface area contributed by atoms with Gasteiger partial charge in [0.2, 0.25) is 0 Å². The Balaban J connectivity index is 0.00000128. The van der Waals surface area contributed by atoms with Gasteiger partial charge in [0.05, 0.1) is 5.69 Å². The van der Waals surface area contributed by atoms with E-state index in [2.05, 4.69) is 4.98 Å². The average Bonchev–Trinajstić information content (AvgIpc) is 2.30. The number of benzene rings is 1. The minimum absolute atomic E-state index is 0. The summed E-state index contributed by atoms with van der Waals surface area (Å²) >= 11 is 5.35. The summed E-state index contributed by atoms with van der Waals surface area (Å²) in [5.41, 5.74) is 2.35. The first kappa shape index (κ1) is 12.7. The van der Waals surface area contributed by atoms with Crippen molar-refractivity contribution in [1.29, 1.82) is 0 Å². The van der Waals surface area contributed by atoms with Gasteiger partial charge in [-0.1, -0.05) is 18.2 Å². The van der Waals surface area contributed by atoms with Crippen LogP contribution < -0.4 is 0 Å². The zero-order valence-electron chi connectivity index (χ0n) is 8.26. The standard InChI is InChI=1S/C12H8ClNO.ClH/c13-12(15)10-6-4-9(5-7-10)11-3-1-2-8-14-11;/h1-8H;1H. The summed E-state index contributed by atoms with van der Waals surface area (Å²) in [5, 5.41) is -0.442. The summed E-state index contributed by atoms with van der Waals surface area (Å²) in [4.78, 5) is 15.0. The van der Waals surface area contributed by atoms with Gasteiger partial charge in [-0.2, -0.15) is 0 Å². The molecule has 2 nitrogen and oxygen atoms in total. The van der Waals surface area contributed by atoms with Crippen molar-refractivity contribution in [2.75, 3.05) is 0 Å². The maximum Gasteiger partial charge on any atom is 0.252 e. The fourth-order valence-corrected chi connectivity index (χ4v) is 1.43. The molecule has 0 aliphatic rings. The quantitative estimate of drug-likeness (QED) is 0.767. The second-order valence-corrected chi connectivity index (χ2v) is 3.41. The van der Waals surface area contributed by atoms with Crippen LogP contribution in [0.3, 0.4) is 0 Å². The summed E-state index contributed by atoms with van der Waals surface area (Å²) in [6.45, 7) is 0. The number of pyridine rings is 1. The Morgan fingerprint density at radius 2 is 1.75 bits per heavy atom. The molecule has 16 heavy (non-hydrogen) atoms. The lowest BCUT2D eigenvalue weighted by Gasteiger charge is -2.00. The van der Waals surface area contributed by atoms with Gasteiger partial charge in [0.25, 0.3) is 5.24 Å². The van der Waals surface area contributed by atoms with E-state index < -0.39 is 5.24 Å². The Morgan fingerprint density at radius 3 is 2.25 bits per heavy atom. The van der Waals surface area contributed by atoms with Crippen LogP contribution in [0.4, 0.5) is 0 Å².